The molecule has 3 aromatic rings. The standard InChI is InChI=1S/C20H20Cl2N2O3S/c1-13(2)12-27-19-17(21)10-15(11-18(19)22)20-23-8-9-24(20)28(25,26)16-6-4-14(3)5-7-16/h4-11,13H,12H2,1-3H3. The molecule has 0 amide bonds. The SMILES string of the molecule is Cc1ccc(S(=O)(=O)n2ccnc2-c2cc(Cl)c(OCC(C)C)c(Cl)c2)cc1. The van der Waals surface area contributed by atoms with E-state index in [1.165, 1.54) is 12.4 Å². The lowest BCUT2D eigenvalue weighted by Gasteiger charge is -2.14. The Hall–Kier alpha value is -2.02. The van der Waals surface area contributed by atoms with Crippen molar-refractivity contribution in [1.29, 1.82) is 0 Å². The molecule has 2 aromatic carbocycles. The van der Waals surface area contributed by atoms with Gasteiger partial charge in [-0.15, -0.1) is 0 Å². The molecule has 5 nitrogen and oxygen atoms in total. The highest BCUT2D eigenvalue weighted by atomic mass is 35.5. The third-order valence-electron chi connectivity index (χ3n) is 4.00. The number of aromatic nitrogens is 2. The summed E-state index contributed by atoms with van der Waals surface area (Å²) in [4.78, 5) is 4.38. The zero-order chi connectivity index (χ0) is 20.5. The smallest absolute Gasteiger partial charge is 0.269 e. The molecule has 1 aromatic heterocycles. The van der Waals surface area contributed by atoms with Crippen LogP contribution in [-0.4, -0.2) is 24.0 Å². The molecule has 0 aliphatic rings. The van der Waals surface area contributed by atoms with Gasteiger partial charge in [0.15, 0.2) is 11.6 Å². The van der Waals surface area contributed by atoms with E-state index in [0.29, 0.717) is 33.9 Å². The zero-order valence-corrected chi connectivity index (χ0v) is 18.0. The van der Waals surface area contributed by atoms with Crippen molar-refractivity contribution in [3.05, 3.63) is 64.4 Å². The van der Waals surface area contributed by atoms with Crippen molar-refractivity contribution in [1.82, 2.24) is 8.96 Å². The number of rotatable bonds is 6. The van der Waals surface area contributed by atoms with Gasteiger partial charge in [0, 0.05) is 18.0 Å². The molecule has 28 heavy (non-hydrogen) atoms. The number of benzene rings is 2. The summed E-state index contributed by atoms with van der Waals surface area (Å²) in [5.74, 6) is 0.908. The van der Waals surface area contributed by atoms with E-state index in [4.69, 9.17) is 27.9 Å². The summed E-state index contributed by atoms with van der Waals surface area (Å²) in [5, 5.41) is 0.593. The Balaban J connectivity index is 2.03. The first-order valence-corrected chi connectivity index (χ1v) is 10.9. The van der Waals surface area contributed by atoms with Gasteiger partial charge in [-0.25, -0.2) is 17.4 Å². The van der Waals surface area contributed by atoms with E-state index >= 15 is 0 Å². The van der Waals surface area contributed by atoms with E-state index in [2.05, 4.69) is 4.98 Å². The van der Waals surface area contributed by atoms with Crippen molar-refractivity contribution in [2.24, 2.45) is 5.92 Å². The Morgan fingerprint density at radius 3 is 2.29 bits per heavy atom. The molecule has 0 saturated heterocycles. The van der Waals surface area contributed by atoms with Crippen LogP contribution in [0.15, 0.2) is 53.7 Å². The van der Waals surface area contributed by atoms with Crippen LogP contribution in [0.2, 0.25) is 10.0 Å². The second-order valence-electron chi connectivity index (χ2n) is 6.84. The first-order chi connectivity index (χ1) is 13.2. The molecule has 0 radical (unpaired) electrons. The van der Waals surface area contributed by atoms with Gasteiger partial charge in [-0.05, 0) is 37.1 Å². The molecule has 0 N–H and O–H groups in total. The molecule has 148 valence electrons. The predicted octanol–water partition coefficient (Wildman–Crippen LogP) is 5.44. The Bertz CT molecular complexity index is 1070. The average Bonchev–Trinajstić information content (AvgIpc) is 3.11. The quantitative estimate of drug-likeness (QED) is 0.513. The van der Waals surface area contributed by atoms with Crippen molar-refractivity contribution >= 4 is 33.2 Å². The van der Waals surface area contributed by atoms with Gasteiger partial charge in [-0.3, -0.25) is 0 Å². The first kappa shape index (κ1) is 20.7. The van der Waals surface area contributed by atoms with Crippen molar-refractivity contribution in [2.75, 3.05) is 6.61 Å². The molecule has 0 spiro atoms. The van der Waals surface area contributed by atoms with Gasteiger partial charge in [-0.2, -0.15) is 0 Å². The van der Waals surface area contributed by atoms with Crippen LogP contribution >= 0.6 is 23.2 Å². The Morgan fingerprint density at radius 1 is 1.11 bits per heavy atom. The molecular weight excluding hydrogens is 419 g/mol. The van der Waals surface area contributed by atoms with Crippen LogP contribution in [0.3, 0.4) is 0 Å². The third kappa shape index (κ3) is 4.19. The van der Waals surface area contributed by atoms with Gasteiger partial charge in [-0.1, -0.05) is 54.7 Å². The summed E-state index contributed by atoms with van der Waals surface area (Å²) in [6.07, 6.45) is 2.82. The average molecular weight is 439 g/mol. The topological polar surface area (TPSA) is 61.2 Å². The van der Waals surface area contributed by atoms with Crippen LogP contribution in [0.4, 0.5) is 0 Å². The molecule has 0 aliphatic carbocycles. The molecule has 3 rings (SSSR count). The minimum atomic E-state index is -3.81. The summed E-state index contributed by atoms with van der Waals surface area (Å²) in [5.41, 5.74) is 1.45. The highest BCUT2D eigenvalue weighted by molar-refractivity contribution is 7.90. The third-order valence-corrected chi connectivity index (χ3v) is 6.24. The summed E-state index contributed by atoms with van der Waals surface area (Å²) in [6.45, 7) is 6.40. The van der Waals surface area contributed by atoms with Gasteiger partial charge < -0.3 is 4.74 Å². The number of nitrogens with zero attached hydrogens (tertiary/aromatic N) is 2. The van der Waals surface area contributed by atoms with E-state index in [1.54, 1.807) is 36.4 Å². The lowest BCUT2D eigenvalue weighted by molar-refractivity contribution is 0.271. The van der Waals surface area contributed by atoms with Gasteiger partial charge in [0.2, 0.25) is 0 Å². The van der Waals surface area contributed by atoms with Crippen molar-refractivity contribution < 1.29 is 13.2 Å². The van der Waals surface area contributed by atoms with Gasteiger partial charge in [0.05, 0.1) is 21.5 Å². The van der Waals surface area contributed by atoms with Crippen LogP contribution < -0.4 is 4.74 Å². The monoisotopic (exact) mass is 438 g/mol. The van der Waals surface area contributed by atoms with Gasteiger partial charge >= 0.3 is 0 Å². The molecule has 0 unspecified atom stereocenters. The zero-order valence-electron chi connectivity index (χ0n) is 15.7. The fourth-order valence-electron chi connectivity index (χ4n) is 2.59. The van der Waals surface area contributed by atoms with Crippen LogP contribution in [0.5, 0.6) is 5.75 Å². The van der Waals surface area contributed by atoms with Gasteiger partial charge in [0.25, 0.3) is 10.0 Å². The second-order valence-corrected chi connectivity index (χ2v) is 9.47. The largest absolute Gasteiger partial charge is 0.490 e. The summed E-state index contributed by atoms with van der Waals surface area (Å²) in [7, 11) is -3.81. The highest BCUT2D eigenvalue weighted by Gasteiger charge is 2.22. The van der Waals surface area contributed by atoms with Crippen molar-refractivity contribution in [3.8, 4) is 17.1 Å². The van der Waals surface area contributed by atoms with E-state index < -0.39 is 10.0 Å². The molecule has 0 atom stereocenters. The van der Waals surface area contributed by atoms with Crippen LogP contribution in [0.1, 0.15) is 19.4 Å². The fourth-order valence-corrected chi connectivity index (χ4v) is 4.49. The van der Waals surface area contributed by atoms with E-state index in [-0.39, 0.29) is 10.7 Å². The predicted molar refractivity (Wildman–Crippen MR) is 112 cm³/mol. The van der Waals surface area contributed by atoms with Crippen LogP contribution in [-0.2, 0) is 10.0 Å². The highest BCUT2D eigenvalue weighted by Crippen LogP contribution is 2.38. The summed E-state index contributed by atoms with van der Waals surface area (Å²) < 4.78 is 32.9. The normalized spacial score (nSPS) is 11.8. The molecule has 1 heterocycles. The maximum Gasteiger partial charge on any atom is 0.269 e. The molecule has 0 fully saturated rings. The van der Waals surface area contributed by atoms with E-state index in [1.807, 2.05) is 20.8 Å². The number of ether oxygens (including phenoxy) is 1. The Kier molecular flexibility index (Phi) is 6.03. The lowest BCUT2D eigenvalue weighted by Crippen LogP contribution is -2.13. The Morgan fingerprint density at radius 2 is 1.71 bits per heavy atom. The minimum Gasteiger partial charge on any atom is -0.490 e. The van der Waals surface area contributed by atoms with E-state index in [9.17, 15) is 8.42 Å². The number of hydrogen-bond acceptors (Lipinski definition) is 4. The summed E-state index contributed by atoms with van der Waals surface area (Å²) in [6, 6.07) is 9.84. The number of imidazole rings is 1. The summed E-state index contributed by atoms with van der Waals surface area (Å²) >= 11 is 12.7. The first-order valence-electron chi connectivity index (χ1n) is 8.68. The minimum absolute atomic E-state index is 0.173. The maximum atomic E-state index is 13.0. The maximum absolute atomic E-state index is 13.0. The van der Waals surface area contributed by atoms with Crippen LogP contribution in [0, 0.1) is 12.8 Å². The molecule has 8 heteroatoms. The number of aryl methyl sites for hydroxylation is 1. The molecule has 0 aliphatic heterocycles. The van der Waals surface area contributed by atoms with Crippen molar-refractivity contribution in [3.63, 3.8) is 0 Å². The van der Waals surface area contributed by atoms with Crippen molar-refractivity contribution in [2.45, 2.75) is 25.7 Å². The molecule has 0 bridgehead atoms. The fraction of sp³-hybridized carbons (Fsp3) is 0.250. The Labute approximate surface area is 174 Å². The molecular formula is C20H20Cl2N2O3S. The lowest BCUT2D eigenvalue weighted by atomic mass is 10.2. The number of halogens is 2. The number of hydrogen-bond donors (Lipinski definition) is 0. The second kappa shape index (κ2) is 8.15. The van der Waals surface area contributed by atoms with Crippen LogP contribution in [0.25, 0.3) is 11.4 Å². The van der Waals surface area contributed by atoms with Gasteiger partial charge in [0.1, 0.15) is 0 Å². The van der Waals surface area contributed by atoms with E-state index in [0.717, 1.165) is 9.54 Å². The molecule has 0 saturated carbocycles.